The minimum absolute atomic E-state index is 0.0485. The van der Waals surface area contributed by atoms with Gasteiger partial charge in [0.05, 0.1) is 57.1 Å². The first-order chi connectivity index (χ1) is 19.2. The number of hydrogen-bond acceptors (Lipinski definition) is 6. The lowest BCUT2D eigenvalue weighted by Crippen LogP contribution is -2.55. The third-order valence-corrected chi connectivity index (χ3v) is 7.03. The fourth-order valence-electron chi connectivity index (χ4n) is 4.83. The van der Waals surface area contributed by atoms with Crippen LogP contribution in [0.4, 0.5) is 23.7 Å². The number of urea groups is 1. The van der Waals surface area contributed by atoms with Crippen LogP contribution < -0.4 is 10.6 Å². The molecule has 0 fully saturated rings. The van der Waals surface area contributed by atoms with Crippen LogP contribution in [0.5, 0.6) is 0 Å². The van der Waals surface area contributed by atoms with Gasteiger partial charge in [0, 0.05) is 17.8 Å². The lowest BCUT2D eigenvalue weighted by Gasteiger charge is -2.43. The molecule has 2 amide bonds. The number of guanidine groups is 1. The average Bonchev–Trinajstić information content (AvgIpc) is 2.90. The summed E-state index contributed by atoms with van der Waals surface area (Å²) in [4.78, 5) is 28.0. The van der Waals surface area contributed by atoms with Crippen LogP contribution in [0.15, 0.2) is 53.7 Å². The number of carbonyl (C=O) groups is 2. The van der Waals surface area contributed by atoms with Gasteiger partial charge >= 0.3 is 18.2 Å². The van der Waals surface area contributed by atoms with E-state index in [0.29, 0.717) is 40.7 Å². The van der Waals surface area contributed by atoms with Gasteiger partial charge in [-0.1, -0.05) is 12.1 Å². The van der Waals surface area contributed by atoms with E-state index in [1.165, 1.54) is 19.1 Å². The number of nitriles is 1. The normalized spacial score (nSPS) is 16.1. The van der Waals surface area contributed by atoms with Crippen LogP contribution in [0.25, 0.3) is 0 Å². The number of aliphatic hydroxyl groups excluding tert-OH is 1. The molecule has 0 saturated carbocycles. The molecule has 1 aliphatic rings. The SMILES string of the molecule is COC(=O)C1=C(C)N(c2cccc(C(F)(F)F)c2)C(=N)N(C(N)=O)[C@@H]1c1ccc(C#N)cc1CC[N+](C)(C)CCO. The molecule has 218 valence electrons. The Morgan fingerprint density at radius 1 is 1.20 bits per heavy atom. The molecule has 0 aliphatic carbocycles. The van der Waals surface area contributed by atoms with Crippen molar-refractivity contribution >= 4 is 23.6 Å². The molecule has 0 bridgehead atoms. The number of likely N-dealkylation sites (N-methyl/N-ethyl adjacent to an activating group) is 1. The summed E-state index contributed by atoms with van der Waals surface area (Å²) in [6.45, 7) is 2.35. The van der Waals surface area contributed by atoms with Gasteiger partial charge in [0.25, 0.3) is 0 Å². The van der Waals surface area contributed by atoms with Gasteiger partial charge in [0.1, 0.15) is 12.6 Å². The van der Waals surface area contributed by atoms with Crippen LogP contribution in [-0.2, 0) is 22.1 Å². The van der Waals surface area contributed by atoms with Crippen LogP contribution in [0, 0.1) is 16.7 Å². The molecule has 0 radical (unpaired) electrons. The second kappa shape index (κ2) is 12.0. The summed E-state index contributed by atoms with van der Waals surface area (Å²) in [5, 5.41) is 27.9. The lowest BCUT2D eigenvalue weighted by atomic mass is 9.87. The minimum atomic E-state index is -4.68. The van der Waals surface area contributed by atoms with Gasteiger partial charge in [0.15, 0.2) is 0 Å². The molecule has 4 N–H and O–H groups in total. The number of quaternary nitrogens is 1. The molecule has 41 heavy (non-hydrogen) atoms. The molecule has 0 saturated heterocycles. The van der Waals surface area contributed by atoms with Gasteiger partial charge in [-0.3, -0.25) is 15.2 Å². The number of aliphatic hydroxyl groups is 1. The Labute approximate surface area is 235 Å². The first-order valence-corrected chi connectivity index (χ1v) is 12.6. The van der Waals surface area contributed by atoms with Crippen LogP contribution in [-0.4, -0.2) is 73.4 Å². The summed E-state index contributed by atoms with van der Waals surface area (Å²) in [7, 11) is 4.94. The Kier molecular flexibility index (Phi) is 9.10. The molecule has 2 aromatic carbocycles. The van der Waals surface area contributed by atoms with Gasteiger partial charge in [-0.25, -0.2) is 9.59 Å². The number of carbonyl (C=O) groups excluding carboxylic acids is 2. The number of allylic oxidation sites excluding steroid dienone is 1. The molecular formula is C28H32F3N6O4+. The van der Waals surface area contributed by atoms with Crippen molar-refractivity contribution in [1.29, 1.82) is 10.7 Å². The zero-order valence-corrected chi connectivity index (χ0v) is 23.1. The van der Waals surface area contributed by atoms with Crippen LogP contribution >= 0.6 is 0 Å². The van der Waals surface area contributed by atoms with E-state index in [1.807, 2.05) is 14.1 Å². The number of methoxy groups -OCH3 is 1. The van der Waals surface area contributed by atoms with E-state index < -0.39 is 35.7 Å². The Morgan fingerprint density at radius 2 is 1.88 bits per heavy atom. The highest BCUT2D eigenvalue weighted by Gasteiger charge is 2.44. The number of primary amides is 1. The summed E-state index contributed by atoms with van der Waals surface area (Å²) < 4.78 is 46.0. The number of benzene rings is 2. The van der Waals surface area contributed by atoms with E-state index in [4.69, 9.17) is 15.9 Å². The molecule has 2 aromatic rings. The number of rotatable bonds is 8. The number of anilines is 1. The highest BCUT2D eigenvalue weighted by Crippen LogP contribution is 2.42. The quantitative estimate of drug-likeness (QED) is 0.326. The largest absolute Gasteiger partial charge is 0.466 e. The molecule has 13 heteroatoms. The number of alkyl halides is 3. The molecule has 1 heterocycles. The predicted molar refractivity (Wildman–Crippen MR) is 144 cm³/mol. The van der Waals surface area contributed by atoms with Crippen LogP contribution in [0.2, 0.25) is 0 Å². The van der Waals surface area contributed by atoms with E-state index >= 15 is 0 Å². The summed E-state index contributed by atoms with van der Waals surface area (Å²) in [5.41, 5.74) is 5.88. The summed E-state index contributed by atoms with van der Waals surface area (Å²) in [6.07, 6.45) is -4.32. The standard InChI is InChI=1S/C28H31F3N6O4/c1-17-23(25(39)41-4)24(22-9-8-18(16-32)14-19(22)10-11-37(2,3)12-13-38)36(27(34)40)26(33)35(17)21-7-5-6-20(15-21)28(29,30)31/h5-9,14-15,24,33,38H,10-13H2,1-4H3,(H-,34,40)/p+1/t24-/m1/s1. The smallest absolute Gasteiger partial charge is 0.416 e. The topological polar surface area (TPSA) is 144 Å². The average molecular weight is 574 g/mol. The minimum Gasteiger partial charge on any atom is -0.466 e. The maximum Gasteiger partial charge on any atom is 0.416 e. The zero-order valence-electron chi connectivity index (χ0n) is 23.1. The molecule has 1 atom stereocenters. The predicted octanol–water partition coefficient (Wildman–Crippen LogP) is 3.51. The Balaban J connectivity index is 2.29. The molecule has 0 aromatic heterocycles. The molecule has 3 rings (SSSR count). The van der Waals surface area contributed by atoms with Crippen LogP contribution in [0.1, 0.15) is 35.2 Å². The van der Waals surface area contributed by atoms with Crippen molar-refractivity contribution in [3.05, 3.63) is 76.0 Å². The number of nitrogens with one attached hydrogen (secondary N) is 1. The fourth-order valence-corrected chi connectivity index (χ4v) is 4.83. The molecule has 1 aliphatic heterocycles. The van der Waals surface area contributed by atoms with Crippen molar-refractivity contribution in [3.63, 3.8) is 0 Å². The second-order valence-corrected chi connectivity index (χ2v) is 10.2. The molecule has 10 nitrogen and oxygen atoms in total. The van der Waals surface area contributed by atoms with E-state index in [2.05, 4.69) is 6.07 Å². The zero-order chi connectivity index (χ0) is 30.7. The number of esters is 1. The van der Waals surface area contributed by atoms with Crippen molar-refractivity contribution in [3.8, 4) is 6.07 Å². The van der Waals surface area contributed by atoms with Gasteiger partial charge in [-0.2, -0.15) is 18.4 Å². The first-order valence-electron chi connectivity index (χ1n) is 12.6. The molecular weight excluding hydrogens is 541 g/mol. The summed E-state index contributed by atoms with van der Waals surface area (Å²) in [5.74, 6) is -1.45. The first kappa shape index (κ1) is 31.1. The van der Waals surface area contributed by atoms with E-state index in [1.54, 1.807) is 12.1 Å². The van der Waals surface area contributed by atoms with Gasteiger partial charge in [-0.15, -0.1) is 0 Å². The fraction of sp³-hybridized carbons (Fsp3) is 0.357. The van der Waals surface area contributed by atoms with Crippen molar-refractivity contribution < 1.29 is 37.1 Å². The van der Waals surface area contributed by atoms with Crippen molar-refractivity contribution in [2.24, 2.45) is 5.73 Å². The highest BCUT2D eigenvalue weighted by molar-refractivity contribution is 6.10. The van der Waals surface area contributed by atoms with E-state index in [9.17, 15) is 33.1 Å². The maximum absolute atomic E-state index is 13.5. The number of nitrogens with two attached hydrogens (primary N) is 1. The monoisotopic (exact) mass is 573 g/mol. The van der Waals surface area contributed by atoms with Gasteiger partial charge < -0.3 is 20.1 Å². The number of hydrogen-bond donors (Lipinski definition) is 3. The van der Waals surface area contributed by atoms with E-state index in [0.717, 1.165) is 35.1 Å². The Morgan fingerprint density at radius 3 is 2.44 bits per heavy atom. The number of halogens is 3. The van der Waals surface area contributed by atoms with Crippen LogP contribution in [0.3, 0.4) is 0 Å². The lowest BCUT2D eigenvalue weighted by molar-refractivity contribution is -0.890. The third kappa shape index (κ3) is 6.50. The summed E-state index contributed by atoms with van der Waals surface area (Å²) >= 11 is 0. The van der Waals surface area contributed by atoms with Crippen molar-refractivity contribution in [2.75, 3.05) is 45.8 Å². The summed E-state index contributed by atoms with van der Waals surface area (Å²) in [6, 6.07) is 8.48. The Bertz CT molecular complexity index is 1430. The number of nitrogens with zero attached hydrogens (tertiary/aromatic N) is 4. The molecule has 0 unspecified atom stereocenters. The Hall–Kier alpha value is -4.41. The number of amides is 2. The maximum atomic E-state index is 13.5. The van der Waals surface area contributed by atoms with Gasteiger partial charge in [0.2, 0.25) is 5.96 Å². The molecule has 0 spiro atoms. The van der Waals surface area contributed by atoms with E-state index in [-0.39, 0.29) is 23.6 Å². The highest BCUT2D eigenvalue weighted by atomic mass is 19.4. The van der Waals surface area contributed by atoms with Crippen molar-refractivity contribution in [1.82, 2.24) is 4.90 Å². The number of ether oxygens (including phenoxy) is 1. The van der Waals surface area contributed by atoms with Crippen molar-refractivity contribution in [2.45, 2.75) is 25.6 Å². The van der Waals surface area contributed by atoms with Gasteiger partial charge in [-0.05, 0) is 48.4 Å². The second-order valence-electron chi connectivity index (χ2n) is 10.2. The third-order valence-electron chi connectivity index (χ3n) is 7.03.